The average Bonchev–Trinajstić information content (AvgIpc) is 2.58. The van der Waals surface area contributed by atoms with Crippen molar-refractivity contribution in [3.63, 3.8) is 0 Å². The van der Waals surface area contributed by atoms with Gasteiger partial charge >= 0.3 is 6.09 Å². The number of amides is 2. The van der Waals surface area contributed by atoms with Crippen LogP contribution in [0.15, 0.2) is 24.3 Å². The van der Waals surface area contributed by atoms with Crippen molar-refractivity contribution >= 4 is 28.7 Å². The average molecular weight is 370 g/mol. The van der Waals surface area contributed by atoms with Gasteiger partial charge in [0.25, 0.3) is 0 Å². The SMILES string of the molecule is Cc1cccc2cc(C(NC(=O)O)C(C)(C)C)c(N3CCNC(=O)C3)nc12. The normalized spacial score (nSPS) is 16.1. The summed E-state index contributed by atoms with van der Waals surface area (Å²) >= 11 is 0. The van der Waals surface area contributed by atoms with E-state index in [0.717, 1.165) is 22.0 Å². The van der Waals surface area contributed by atoms with Gasteiger partial charge in [0.05, 0.1) is 18.1 Å². The number of piperazine rings is 1. The van der Waals surface area contributed by atoms with Gasteiger partial charge in [-0.05, 0) is 24.0 Å². The molecule has 1 atom stereocenters. The highest BCUT2D eigenvalue weighted by Gasteiger charge is 2.33. The first-order chi connectivity index (χ1) is 12.7. The van der Waals surface area contributed by atoms with E-state index in [0.29, 0.717) is 18.9 Å². The maximum atomic E-state index is 11.9. The Morgan fingerprint density at radius 1 is 1.37 bits per heavy atom. The second kappa shape index (κ2) is 7.06. The van der Waals surface area contributed by atoms with Crippen LogP contribution in [0.5, 0.6) is 0 Å². The van der Waals surface area contributed by atoms with Gasteiger partial charge in [0.15, 0.2) is 0 Å². The molecule has 3 N–H and O–H groups in total. The zero-order chi connectivity index (χ0) is 19.8. The number of carbonyl (C=O) groups excluding carboxylic acids is 1. The van der Waals surface area contributed by atoms with Gasteiger partial charge in [-0.25, -0.2) is 9.78 Å². The summed E-state index contributed by atoms with van der Waals surface area (Å²) in [7, 11) is 0. The Labute approximate surface area is 158 Å². The van der Waals surface area contributed by atoms with Crippen LogP contribution in [0.25, 0.3) is 10.9 Å². The molecule has 2 amide bonds. The molecule has 0 saturated carbocycles. The van der Waals surface area contributed by atoms with Gasteiger partial charge in [-0.15, -0.1) is 0 Å². The molecule has 1 aliphatic heterocycles. The van der Waals surface area contributed by atoms with Gasteiger partial charge in [-0.3, -0.25) is 4.79 Å². The van der Waals surface area contributed by atoms with Crippen LogP contribution in [0.4, 0.5) is 10.6 Å². The molecule has 1 fully saturated rings. The summed E-state index contributed by atoms with van der Waals surface area (Å²) in [4.78, 5) is 30.2. The fraction of sp³-hybridized carbons (Fsp3) is 0.450. The van der Waals surface area contributed by atoms with Gasteiger partial charge in [0.2, 0.25) is 5.91 Å². The number of anilines is 1. The van der Waals surface area contributed by atoms with Crippen molar-refractivity contribution < 1.29 is 14.7 Å². The predicted molar refractivity (Wildman–Crippen MR) is 105 cm³/mol. The van der Waals surface area contributed by atoms with Gasteiger partial charge < -0.3 is 20.6 Å². The third kappa shape index (κ3) is 3.97. The van der Waals surface area contributed by atoms with Crippen LogP contribution >= 0.6 is 0 Å². The molecule has 3 rings (SSSR count). The summed E-state index contributed by atoms with van der Waals surface area (Å²) in [6.45, 7) is 9.34. The van der Waals surface area contributed by atoms with Gasteiger partial charge in [-0.1, -0.05) is 39.0 Å². The van der Waals surface area contributed by atoms with E-state index in [4.69, 9.17) is 4.98 Å². The quantitative estimate of drug-likeness (QED) is 0.772. The molecule has 1 aliphatic rings. The summed E-state index contributed by atoms with van der Waals surface area (Å²) in [5, 5.41) is 15.8. The summed E-state index contributed by atoms with van der Waals surface area (Å²) in [5.74, 6) is 0.609. The van der Waals surface area contributed by atoms with E-state index in [9.17, 15) is 14.7 Å². The van der Waals surface area contributed by atoms with E-state index < -0.39 is 12.1 Å². The third-order valence-corrected chi connectivity index (χ3v) is 4.84. The molecule has 7 heteroatoms. The molecule has 0 spiro atoms. The topological polar surface area (TPSA) is 94.6 Å². The Kier molecular flexibility index (Phi) is 4.95. The van der Waals surface area contributed by atoms with Crippen LogP contribution in [0, 0.1) is 12.3 Å². The maximum Gasteiger partial charge on any atom is 0.405 e. The first-order valence-corrected chi connectivity index (χ1v) is 9.08. The zero-order valence-electron chi connectivity index (χ0n) is 16.2. The van der Waals surface area contributed by atoms with Gasteiger partial charge in [0, 0.05) is 24.0 Å². The monoisotopic (exact) mass is 370 g/mol. The molecule has 1 aromatic carbocycles. The molecule has 2 heterocycles. The minimum atomic E-state index is -1.08. The minimum Gasteiger partial charge on any atom is -0.465 e. The number of rotatable bonds is 3. The number of carbonyl (C=O) groups is 2. The summed E-state index contributed by atoms with van der Waals surface area (Å²) in [5.41, 5.74) is 2.33. The van der Waals surface area contributed by atoms with Crippen molar-refractivity contribution in [2.45, 2.75) is 33.7 Å². The van der Waals surface area contributed by atoms with Crippen molar-refractivity contribution in [1.82, 2.24) is 15.6 Å². The number of aromatic nitrogens is 1. The summed E-state index contributed by atoms with van der Waals surface area (Å²) < 4.78 is 0. The number of benzene rings is 1. The molecule has 0 aliphatic carbocycles. The summed E-state index contributed by atoms with van der Waals surface area (Å²) in [6, 6.07) is 7.48. The number of nitrogens with one attached hydrogen (secondary N) is 2. The van der Waals surface area contributed by atoms with E-state index >= 15 is 0 Å². The van der Waals surface area contributed by atoms with Crippen LogP contribution in [0.2, 0.25) is 0 Å². The smallest absolute Gasteiger partial charge is 0.405 e. The number of para-hydroxylation sites is 1. The fourth-order valence-electron chi connectivity index (χ4n) is 3.52. The number of carboxylic acid groups (broad SMARTS) is 1. The number of hydrogen-bond donors (Lipinski definition) is 3. The third-order valence-electron chi connectivity index (χ3n) is 4.84. The highest BCUT2D eigenvalue weighted by atomic mass is 16.4. The molecule has 1 saturated heterocycles. The first-order valence-electron chi connectivity index (χ1n) is 9.08. The molecule has 2 aromatic rings. The van der Waals surface area contributed by atoms with E-state index in [1.807, 2.05) is 56.9 Å². The lowest BCUT2D eigenvalue weighted by Crippen LogP contribution is -2.49. The Morgan fingerprint density at radius 3 is 2.74 bits per heavy atom. The number of hydrogen-bond acceptors (Lipinski definition) is 4. The van der Waals surface area contributed by atoms with Crippen molar-refractivity contribution in [2.24, 2.45) is 5.41 Å². The van der Waals surface area contributed by atoms with Crippen LogP contribution in [-0.4, -0.2) is 41.7 Å². The van der Waals surface area contributed by atoms with Gasteiger partial charge in [0.1, 0.15) is 5.82 Å². The minimum absolute atomic E-state index is 0.0580. The number of fused-ring (bicyclic) bond motifs is 1. The second-order valence-electron chi connectivity index (χ2n) is 8.07. The van der Waals surface area contributed by atoms with Crippen molar-refractivity contribution in [3.8, 4) is 0 Å². The zero-order valence-corrected chi connectivity index (χ0v) is 16.2. The first kappa shape index (κ1) is 18.9. The molecule has 0 radical (unpaired) electrons. The molecular weight excluding hydrogens is 344 g/mol. The molecular formula is C20H26N4O3. The Morgan fingerprint density at radius 2 is 2.11 bits per heavy atom. The largest absolute Gasteiger partial charge is 0.465 e. The number of pyridine rings is 1. The number of aryl methyl sites for hydroxylation is 1. The lowest BCUT2D eigenvalue weighted by atomic mass is 9.82. The van der Waals surface area contributed by atoms with Crippen molar-refractivity contribution in [3.05, 3.63) is 35.4 Å². The van der Waals surface area contributed by atoms with Crippen molar-refractivity contribution in [2.75, 3.05) is 24.5 Å². The molecule has 1 aromatic heterocycles. The van der Waals surface area contributed by atoms with Gasteiger partial charge in [-0.2, -0.15) is 0 Å². The molecule has 27 heavy (non-hydrogen) atoms. The molecule has 0 bridgehead atoms. The van der Waals surface area contributed by atoms with E-state index in [1.54, 1.807) is 0 Å². The van der Waals surface area contributed by atoms with Crippen LogP contribution in [-0.2, 0) is 4.79 Å². The highest BCUT2D eigenvalue weighted by Crippen LogP contribution is 2.39. The van der Waals surface area contributed by atoms with Crippen LogP contribution < -0.4 is 15.5 Å². The lowest BCUT2D eigenvalue weighted by Gasteiger charge is -2.36. The Bertz CT molecular complexity index is 889. The fourth-order valence-corrected chi connectivity index (χ4v) is 3.52. The molecule has 7 nitrogen and oxygen atoms in total. The van der Waals surface area contributed by atoms with Crippen LogP contribution in [0.1, 0.15) is 37.9 Å². The molecule has 144 valence electrons. The van der Waals surface area contributed by atoms with Crippen molar-refractivity contribution in [1.29, 1.82) is 0 Å². The van der Waals surface area contributed by atoms with Crippen LogP contribution in [0.3, 0.4) is 0 Å². The predicted octanol–water partition coefficient (Wildman–Crippen LogP) is 2.83. The van der Waals surface area contributed by atoms with E-state index in [2.05, 4.69) is 10.6 Å². The van der Waals surface area contributed by atoms with E-state index in [1.165, 1.54) is 0 Å². The second-order valence-corrected chi connectivity index (χ2v) is 8.07. The molecule has 1 unspecified atom stereocenters. The highest BCUT2D eigenvalue weighted by molar-refractivity contribution is 5.87. The Balaban J connectivity index is 2.22. The van der Waals surface area contributed by atoms with E-state index in [-0.39, 0.29) is 17.9 Å². The number of nitrogens with zero attached hydrogens (tertiary/aromatic N) is 2. The summed E-state index contributed by atoms with van der Waals surface area (Å²) in [6.07, 6.45) is -1.08. The maximum absolute atomic E-state index is 11.9. The lowest BCUT2D eigenvalue weighted by molar-refractivity contribution is -0.120. The standard InChI is InChI=1S/C20H26N4O3/c1-12-6-5-7-13-10-14(17(20(2,3)4)23-19(26)27)18(22-16(12)13)24-9-8-21-15(25)11-24/h5-7,10,17,23H,8-9,11H2,1-4H3,(H,21,25)(H,26,27). The Hall–Kier alpha value is -2.83.